The minimum atomic E-state index is -3.77. The molecular weight excluding hydrogens is 354 g/mol. The van der Waals surface area contributed by atoms with Crippen molar-refractivity contribution in [3.8, 4) is 0 Å². The van der Waals surface area contributed by atoms with Crippen molar-refractivity contribution in [1.29, 1.82) is 0 Å². The normalized spacial score (nSPS) is 18.2. The van der Waals surface area contributed by atoms with Crippen LogP contribution >= 0.6 is 0 Å². The first-order valence-electron chi connectivity index (χ1n) is 8.22. The summed E-state index contributed by atoms with van der Waals surface area (Å²) in [5, 5.41) is 9.04. The smallest absolute Gasteiger partial charge is 0.257 e. The van der Waals surface area contributed by atoms with E-state index in [0.29, 0.717) is 19.4 Å². The first kappa shape index (κ1) is 16.7. The van der Waals surface area contributed by atoms with E-state index in [-0.39, 0.29) is 4.90 Å². The molecule has 1 aliphatic rings. The molecule has 0 bridgehead atoms. The molecule has 1 aliphatic heterocycles. The fraction of sp³-hybridized carbons (Fsp3) is 0.235. The van der Waals surface area contributed by atoms with Crippen LogP contribution in [-0.4, -0.2) is 46.1 Å². The lowest BCUT2D eigenvalue weighted by Gasteiger charge is -2.23. The second-order valence-corrected chi connectivity index (χ2v) is 8.02. The molecule has 1 fully saturated rings. The van der Waals surface area contributed by atoms with E-state index in [1.54, 1.807) is 18.2 Å². The van der Waals surface area contributed by atoms with Gasteiger partial charge in [0.15, 0.2) is 0 Å². The van der Waals surface area contributed by atoms with Gasteiger partial charge in [0.2, 0.25) is 10.0 Å². The number of carbonyl (C=O) groups excluding carboxylic acids is 1. The third kappa shape index (κ3) is 2.95. The highest BCUT2D eigenvalue weighted by Crippen LogP contribution is 2.28. The monoisotopic (exact) mass is 371 g/mol. The molecule has 0 aliphatic carbocycles. The minimum absolute atomic E-state index is 0.195. The summed E-state index contributed by atoms with van der Waals surface area (Å²) in [6, 6.07) is 11.8. The Morgan fingerprint density at radius 1 is 1.08 bits per heavy atom. The van der Waals surface area contributed by atoms with Crippen molar-refractivity contribution in [3.05, 3.63) is 55.1 Å². The van der Waals surface area contributed by atoms with Gasteiger partial charge in [-0.2, -0.15) is 4.31 Å². The predicted molar refractivity (Wildman–Crippen MR) is 95.3 cm³/mol. The van der Waals surface area contributed by atoms with Gasteiger partial charge in [-0.1, -0.05) is 30.3 Å². The van der Waals surface area contributed by atoms with E-state index in [1.807, 2.05) is 24.3 Å². The molecule has 1 N–H and O–H groups in total. The van der Waals surface area contributed by atoms with Crippen molar-refractivity contribution in [3.63, 3.8) is 0 Å². The molecule has 1 atom stereocenters. The average Bonchev–Trinajstić information content (AvgIpc) is 3.33. The van der Waals surface area contributed by atoms with Crippen LogP contribution in [0, 0.1) is 0 Å². The fourth-order valence-electron chi connectivity index (χ4n) is 3.21. The first-order chi connectivity index (χ1) is 12.6. The van der Waals surface area contributed by atoms with E-state index in [1.165, 1.54) is 21.6 Å². The number of hydrogen-bond donors (Lipinski definition) is 1. The van der Waals surface area contributed by atoms with Gasteiger partial charge in [0.25, 0.3) is 5.91 Å². The van der Waals surface area contributed by atoms with E-state index in [9.17, 15) is 13.2 Å². The van der Waals surface area contributed by atoms with E-state index in [0.717, 1.165) is 10.8 Å². The van der Waals surface area contributed by atoms with Crippen molar-refractivity contribution < 1.29 is 13.2 Å². The average molecular weight is 371 g/mol. The number of sulfonamides is 1. The molecule has 3 aromatic rings. The third-order valence-corrected chi connectivity index (χ3v) is 6.40. The third-order valence-electron chi connectivity index (χ3n) is 4.49. The van der Waals surface area contributed by atoms with Gasteiger partial charge in [-0.25, -0.2) is 13.1 Å². The summed E-state index contributed by atoms with van der Waals surface area (Å²) < 4.78 is 28.8. The number of rotatable bonds is 4. The van der Waals surface area contributed by atoms with Gasteiger partial charge >= 0.3 is 0 Å². The fourth-order valence-corrected chi connectivity index (χ4v) is 4.91. The molecule has 1 aromatic heterocycles. The Morgan fingerprint density at radius 3 is 2.58 bits per heavy atom. The Hall–Kier alpha value is -2.78. The molecule has 134 valence electrons. The lowest BCUT2D eigenvalue weighted by atomic mass is 10.1. The van der Waals surface area contributed by atoms with Gasteiger partial charge in [0.05, 0.1) is 4.90 Å². The minimum Gasteiger partial charge on any atom is -0.271 e. The lowest BCUT2D eigenvalue weighted by Crippen LogP contribution is -2.44. The van der Waals surface area contributed by atoms with Crippen LogP contribution in [0.4, 0.5) is 0 Å². The summed E-state index contributed by atoms with van der Waals surface area (Å²) in [6.07, 6.45) is 3.79. The van der Waals surface area contributed by atoms with E-state index in [4.69, 9.17) is 0 Å². The van der Waals surface area contributed by atoms with Crippen LogP contribution in [-0.2, 0) is 14.8 Å². The standard InChI is InChI=1S/C17H17N5O3S/c23-17(20-21-11-18-19-12-21)16-6-3-9-22(16)26(24,25)15-8-7-13-4-1-2-5-14(13)10-15/h1-2,4-5,7-8,10-12,16H,3,6,9H2,(H,20,23)/t16-/m1/s1. The van der Waals surface area contributed by atoms with Gasteiger partial charge in [-0.3, -0.25) is 10.2 Å². The summed E-state index contributed by atoms with van der Waals surface area (Å²) in [5.41, 5.74) is 2.59. The van der Waals surface area contributed by atoms with Crippen LogP contribution in [0.5, 0.6) is 0 Å². The lowest BCUT2D eigenvalue weighted by molar-refractivity contribution is -0.120. The summed E-state index contributed by atoms with van der Waals surface area (Å²) >= 11 is 0. The second kappa shape index (κ2) is 6.50. The molecule has 0 spiro atoms. The summed E-state index contributed by atoms with van der Waals surface area (Å²) in [5.74, 6) is -0.397. The summed E-state index contributed by atoms with van der Waals surface area (Å²) in [4.78, 5) is 12.7. The van der Waals surface area contributed by atoms with Crippen LogP contribution in [0.2, 0.25) is 0 Å². The Kier molecular flexibility index (Phi) is 4.17. The molecule has 1 amide bonds. The molecule has 0 radical (unpaired) electrons. The molecule has 2 aromatic carbocycles. The number of nitrogens with zero attached hydrogens (tertiary/aromatic N) is 4. The summed E-state index contributed by atoms with van der Waals surface area (Å²) in [6.45, 7) is 0.315. The second-order valence-electron chi connectivity index (χ2n) is 6.13. The van der Waals surface area contributed by atoms with E-state index >= 15 is 0 Å². The van der Waals surface area contributed by atoms with Gasteiger partial charge in [-0.05, 0) is 35.7 Å². The van der Waals surface area contributed by atoms with Crippen LogP contribution in [0.1, 0.15) is 12.8 Å². The molecule has 8 nitrogen and oxygen atoms in total. The number of nitrogens with one attached hydrogen (secondary N) is 1. The number of fused-ring (bicyclic) bond motifs is 1. The molecule has 0 unspecified atom stereocenters. The molecular formula is C17H17N5O3S. The molecule has 0 saturated carbocycles. The predicted octanol–water partition coefficient (Wildman–Crippen LogP) is 1.35. The molecule has 1 saturated heterocycles. The van der Waals surface area contributed by atoms with Gasteiger partial charge < -0.3 is 0 Å². The number of amides is 1. The Labute approximate surface area is 150 Å². The Balaban J connectivity index is 1.63. The number of hydrogen-bond acceptors (Lipinski definition) is 5. The number of carbonyl (C=O) groups is 1. The first-order valence-corrected chi connectivity index (χ1v) is 9.66. The quantitative estimate of drug-likeness (QED) is 0.747. The van der Waals surface area contributed by atoms with Crippen LogP contribution in [0.15, 0.2) is 60.0 Å². The van der Waals surface area contributed by atoms with Crippen LogP contribution in [0.25, 0.3) is 10.8 Å². The maximum atomic E-state index is 13.1. The van der Waals surface area contributed by atoms with E-state index in [2.05, 4.69) is 15.6 Å². The zero-order chi connectivity index (χ0) is 18.1. The molecule has 26 heavy (non-hydrogen) atoms. The van der Waals surface area contributed by atoms with Crippen LogP contribution < -0.4 is 5.43 Å². The Bertz CT molecular complexity index is 1050. The van der Waals surface area contributed by atoms with Crippen molar-refractivity contribution in [2.75, 3.05) is 12.0 Å². The van der Waals surface area contributed by atoms with Crippen molar-refractivity contribution in [2.24, 2.45) is 0 Å². The number of benzene rings is 2. The number of aromatic nitrogens is 3. The SMILES string of the molecule is O=C(Nn1cnnc1)[C@H]1CCCN1S(=O)(=O)c1ccc2ccccc2c1. The highest BCUT2D eigenvalue weighted by atomic mass is 32.2. The molecule has 4 rings (SSSR count). The highest BCUT2D eigenvalue weighted by Gasteiger charge is 2.39. The van der Waals surface area contributed by atoms with Crippen molar-refractivity contribution >= 4 is 26.7 Å². The topological polar surface area (TPSA) is 97.2 Å². The largest absolute Gasteiger partial charge is 0.271 e. The van der Waals surface area contributed by atoms with Crippen molar-refractivity contribution in [2.45, 2.75) is 23.8 Å². The van der Waals surface area contributed by atoms with Crippen LogP contribution in [0.3, 0.4) is 0 Å². The Morgan fingerprint density at radius 2 is 1.81 bits per heavy atom. The van der Waals surface area contributed by atoms with Gasteiger partial charge in [-0.15, -0.1) is 10.2 Å². The van der Waals surface area contributed by atoms with Crippen molar-refractivity contribution in [1.82, 2.24) is 19.2 Å². The maximum Gasteiger partial charge on any atom is 0.257 e. The molecule has 2 heterocycles. The van der Waals surface area contributed by atoms with Gasteiger partial charge in [0.1, 0.15) is 18.7 Å². The molecule has 9 heteroatoms. The van der Waals surface area contributed by atoms with E-state index < -0.39 is 22.0 Å². The maximum absolute atomic E-state index is 13.1. The zero-order valence-corrected chi connectivity index (χ0v) is 14.6. The highest BCUT2D eigenvalue weighted by molar-refractivity contribution is 7.89. The summed E-state index contributed by atoms with van der Waals surface area (Å²) in [7, 11) is -3.77. The zero-order valence-electron chi connectivity index (χ0n) is 13.8. The van der Waals surface area contributed by atoms with Gasteiger partial charge in [0, 0.05) is 6.54 Å².